The summed E-state index contributed by atoms with van der Waals surface area (Å²) in [4.78, 5) is 36.8. The summed E-state index contributed by atoms with van der Waals surface area (Å²) in [5.74, 6) is -0.756. The Bertz CT molecular complexity index is 1170. The van der Waals surface area contributed by atoms with Gasteiger partial charge in [0.2, 0.25) is 0 Å². The second-order valence-corrected chi connectivity index (χ2v) is 9.82. The van der Waals surface area contributed by atoms with Gasteiger partial charge in [-0.15, -0.1) is 11.3 Å². The molecule has 168 valence electrons. The zero-order chi connectivity index (χ0) is 22.2. The van der Waals surface area contributed by atoms with E-state index in [0.29, 0.717) is 21.6 Å². The van der Waals surface area contributed by atoms with Crippen LogP contribution in [0.2, 0.25) is 0 Å². The third-order valence-corrected chi connectivity index (χ3v) is 7.42. The van der Waals surface area contributed by atoms with Gasteiger partial charge in [0.15, 0.2) is 5.01 Å². The Morgan fingerprint density at radius 1 is 1.16 bits per heavy atom. The molecule has 9 heteroatoms. The van der Waals surface area contributed by atoms with Crippen LogP contribution >= 0.6 is 11.3 Å². The molecule has 2 amide bonds. The van der Waals surface area contributed by atoms with Crippen molar-refractivity contribution in [3.05, 3.63) is 51.4 Å². The van der Waals surface area contributed by atoms with Gasteiger partial charge in [-0.2, -0.15) is 0 Å². The Balaban J connectivity index is 1.27. The number of nitrogens with one attached hydrogen (secondary N) is 3. The lowest BCUT2D eigenvalue weighted by Gasteiger charge is -2.32. The molecule has 2 aliphatic rings. The van der Waals surface area contributed by atoms with E-state index in [0.717, 1.165) is 55.8 Å². The molecule has 1 aliphatic carbocycles. The molecule has 5 rings (SSSR count). The number of halogens is 1. The molecule has 3 N–H and O–H groups in total. The van der Waals surface area contributed by atoms with E-state index >= 15 is 0 Å². The smallest absolute Gasteiger partial charge is 0.280 e. The van der Waals surface area contributed by atoms with Gasteiger partial charge in [0.1, 0.15) is 11.5 Å². The van der Waals surface area contributed by atoms with E-state index in [9.17, 15) is 14.0 Å². The van der Waals surface area contributed by atoms with Crippen molar-refractivity contribution in [1.82, 2.24) is 25.5 Å². The molecule has 0 bridgehead atoms. The van der Waals surface area contributed by atoms with Gasteiger partial charge in [-0.1, -0.05) is 12.8 Å². The van der Waals surface area contributed by atoms with Gasteiger partial charge < -0.3 is 20.5 Å². The van der Waals surface area contributed by atoms with Crippen LogP contribution in [0.5, 0.6) is 0 Å². The predicted octanol–water partition coefficient (Wildman–Crippen LogP) is 3.22. The minimum Gasteiger partial charge on any atom is -0.351 e. The molecule has 7 nitrogen and oxygen atoms in total. The van der Waals surface area contributed by atoms with Gasteiger partial charge in [0.25, 0.3) is 11.8 Å². The summed E-state index contributed by atoms with van der Waals surface area (Å²) in [7, 11) is 2.07. The van der Waals surface area contributed by atoms with Gasteiger partial charge in [-0.25, -0.2) is 9.37 Å². The molecule has 1 saturated carbocycles. The number of thiazole rings is 1. The second kappa shape index (κ2) is 8.63. The highest BCUT2D eigenvalue weighted by Crippen LogP contribution is 2.26. The number of carbonyl (C=O) groups excluding carboxylic acids is 2. The summed E-state index contributed by atoms with van der Waals surface area (Å²) >= 11 is 1.46. The second-order valence-electron chi connectivity index (χ2n) is 8.74. The molecule has 2 atom stereocenters. The van der Waals surface area contributed by atoms with Crippen molar-refractivity contribution >= 4 is 34.1 Å². The number of H-pyrrole nitrogens is 1. The number of rotatable bonds is 4. The van der Waals surface area contributed by atoms with Crippen LogP contribution in [-0.4, -0.2) is 52.4 Å². The van der Waals surface area contributed by atoms with Gasteiger partial charge in [0.05, 0.1) is 5.69 Å². The molecule has 0 radical (unpaired) electrons. The Kier molecular flexibility index (Phi) is 5.69. The molecule has 0 saturated heterocycles. The monoisotopic (exact) mass is 455 g/mol. The molecule has 1 fully saturated rings. The van der Waals surface area contributed by atoms with E-state index in [1.54, 1.807) is 12.1 Å². The van der Waals surface area contributed by atoms with Crippen molar-refractivity contribution in [1.29, 1.82) is 0 Å². The van der Waals surface area contributed by atoms with E-state index in [-0.39, 0.29) is 29.7 Å². The molecule has 0 unspecified atom stereocenters. The van der Waals surface area contributed by atoms with Crippen LogP contribution in [0.15, 0.2) is 24.3 Å². The van der Waals surface area contributed by atoms with Gasteiger partial charge in [-0.05, 0) is 44.2 Å². The average Bonchev–Trinajstić information content (AvgIpc) is 3.38. The van der Waals surface area contributed by atoms with Gasteiger partial charge >= 0.3 is 0 Å². The van der Waals surface area contributed by atoms with E-state index in [2.05, 4.69) is 32.5 Å². The quantitative estimate of drug-likeness (QED) is 0.564. The number of amides is 2. The number of aromatic amines is 1. The lowest BCUT2D eigenvalue weighted by molar-refractivity contribution is 0.0860. The van der Waals surface area contributed by atoms with Crippen LogP contribution < -0.4 is 10.6 Å². The number of carbonyl (C=O) groups is 2. The number of hydrogen-bond donors (Lipinski definition) is 3. The number of fused-ring (bicyclic) bond motifs is 2. The molecular weight excluding hydrogens is 429 g/mol. The largest absolute Gasteiger partial charge is 0.351 e. The van der Waals surface area contributed by atoms with Crippen molar-refractivity contribution in [2.75, 3.05) is 13.6 Å². The van der Waals surface area contributed by atoms with Gasteiger partial charge in [-0.3, -0.25) is 9.59 Å². The Morgan fingerprint density at radius 3 is 2.69 bits per heavy atom. The Hall–Kier alpha value is -2.78. The first-order valence-corrected chi connectivity index (χ1v) is 11.8. The minimum atomic E-state index is -0.339. The standard InChI is InChI=1S/C23H26FN5O2S/c1-29-9-8-18-20(12-29)32-23(28-18)22(31)27-17-5-3-2-4-16(17)26-21(30)19-11-13-10-14(24)6-7-15(13)25-19/h6-7,10-11,16-17,25H,2-5,8-9,12H2,1H3,(H,26,30)(H,27,31)/t16-,17-/m0/s1. The first-order valence-electron chi connectivity index (χ1n) is 11.0. The van der Waals surface area contributed by atoms with Crippen molar-refractivity contribution in [2.45, 2.75) is 50.7 Å². The maximum Gasteiger partial charge on any atom is 0.280 e. The third-order valence-electron chi connectivity index (χ3n) is 6.34. The zero-order valence-electron chi connectivity index (χ0n) is 17.9. The van der Waals surface area contributed by atoms with Crippen LogP contribution in [0.1, 0.15) is 56.5 Å². The summed E-state index contributed by atoms with van der Waals surface area (Å²) in [6.07, 6.45) is 4.47. The molecule has 2 aromatic heterocycles. The fourth-order valence-electron chi connectivity index (χ4n) is 4.60. The number of likely N-dealkylation sites (N-methyl/N-ethyl adjacent to an activating group) is 1. The molecule has 1 aliphatic heterocycles. The Morgan fingerprint density at radius 2 is 1.91 bits per heavy atom. The third kappa shape index (κ3) is 4.27. The van der Waals surface area contributed by atoms with Gasteiger partial charge in [0, 0.05) is 47.4 Å². The molecule has 1 aromatic carbocycles. The highest BCUT2D eigenvalue weighted by atomic mass is 32.1. The molecule has 3 aromatic rings. The highest BCUT2D eigenvalue weighted by Gasteiger charge is 2.30. The van der Waals surface area contributed by atoms with Crippen LogP contribution in [0.25, 0.3) is 10.9 Å². The summed E-state index contributed by atoms with van der Waals surface area (Å²) in [5.41, 5.74) is 2.13. The fourth-order valence-corrected chi connectivity index (χ4v) is 5.69. The number of nitrogens with zero attached hydrogens (tertiary/aromatic N) is 2. The van der Waals surface area contributed by atoms with Crippen LogP contribution in [0, 0.1) is 5.82 Å². The molecule has 3 heterocycles. The van der Waals surface area contributed by atoms with E-state index < -0.39 is 0 Å². The molecular formula is C23H26FN5O2S. The predicted molar refractivity (Wildman–Crippen MR) is 121 cm³/mol. The summed E-state index contributed by atoms with van der Waals surface area (Å²) in [5, 5.41) is 7.34. The number of hydrogen-bond acceptors (Lipinski definition) is 5. The zero-order valence-corrected chi connectivity index (χ0v) is 18.7. The first-order chi connectivity index (χ1) is 15.5. The SMILES string of the molecule is CN1CCc2nc(C(=O)N[C@H]3CCCC[C@@H]3NC(=O)c3cc4cc(F)ccc4[nH]3)sc2C1. The maximum atomic E-state index is 13.5. The number of benzene rings is 1. The summed E-state index contributed by atoms with van der Waals surface area (Å²) in [6, 6.07) is 5.73. The van der Waals surface area contributed by atoms with Crippen LogP contribution in [-0.2, 0) is 13.0 Å². The topological polar surface area (TPSA) is 90.1 Å². The minimum absolute atomic E-state index is 0.148. The fraction of sp³-hybridized carbons (Fsp3) is 0.435. The number of aromatic nitrogens is 2. The average molecular weight is 456 g/mol. The van der Waals surface area contributed by atoms with E-state index in [1.807, 2.05) is 0 Å². The summed E-state index contributed by atoms with van der Waals surface area (Å²) < 4.78 is 13.5. The van der Waals surface area contributed by atoms with E-state index in [1.165, 1.54) is 23.5 Å². The van der Waals surface area contributed by atoms with Crippen molar-refractivity contribution in [3.63, 3.8) is 0 Å². The maximum absolute atomic E-state index is 13.5. The normalized spacial score (nSPS) is 21.3. The first kappa shape index (κ1) is 21.1. The van der Waals surface area contributed by atoms with Crippen molar-refractivity contribution in [3.8, 4) is 0 Å². The van der Waals surface area contributed by atoms with Crippen molar-refractivity contribution in [2.24, 2.45) is 0 Å². The summed E-state index contributed by atoms with van der Waals surface area (Å²) in [6.45, 7) is 1.78. The van der Waals surface area contributed by atoms with Crippen LogP contribution in [0.3, 0.4) is 0 Å². The van der Waals surface area contributed by atoms with Crippen LogP contribution in [0.4, 0.5) is 4.39 Å². The Labute approximate surface area is 189 Å². The van der Waals surface area contributed by atoms with Crippen molar-refractivity contribution < 1.29 is 14.0 Å². The molecule has 32 heavy (non-hydrogen) atoms. The highest BCUT2D eigenvalue weighted by molar-refractivity contribution is 7.13. The molecule has 0 spiro atoms. The van der Waals surface area contributed by atoms with E-state index in [4.69, 9.17) is 0 Å². The lowest BCUT2D eigenvalue weighted by atomic mass is 9.90. The lowest BCUT2D eigenvalue weighted by Crippen LogP contribution is -2.53.